The van der Waals surface area contributed by atoms with E-state index in [-0.39, 0.29) is 11.3 Å². The van der Waals surface area contributed by atoms with E-state index in [1.54, 1.807) is 0 Å². The molecule has 0 aliphatic rings. The summed E-state index contributed by atoms with van der Waals surface area (Å²) in [5.74, 6) is -0.613. The highest BCUT2D eigenvalue weighted by atomic mass is 32.1. The minimum absolute atomic E-state index is 0.0215. The fourth-order valence-electron chi connectivity index (χ4n) is 1.49. The van der Waals surface area contributed by atoms with Crippen molar-refractivity contribution in [3.63, 3.8) is 0 Å². The highest BCUT2D eigenvalue weighted by Gasteiger charge is 2.13. The molecule has 6 nitrogen and oxygen atoms in total. The molecule has 0 atom stereocenters. The third-order valence-electron chi connectivity index (χ3n) is 2.43. The van der Waals surface area contributed by atoms with Crippen LogP contribution in [0.4, 0.5) is 0 Å². The zero-order valence-electron chi connectivity index (χ0n) is 10.2. The molecule has 2 aromatic rings. The summed E-state index contributed by atoms with van der Waals surface area (Å²) in [5.41, 5.74) is -0.340. The van der Waals surface area contributed by atoms with Gasteiger partial charge in [0.15, 0.2) is 5.69 Å². The SMILES string of the molecule is CCCCc1nn2c(=O)cc(C(=O)OC)nc2s1. The number of carbonyl (C=O) groups is 1. The van der Waals surface area contributed by atoms with Crippen LogP contribution in [0.3, 0.4) is 0 Å². The lowest BCUT2D eigenvalue weighted by atomic mass is 10.3. The van der Waals surface area contributed by atoms with Crippen LogP contribution in [0.1, 0.15) is 35.3 Å². The van der Waals surface area contributed by atoms with Gasteiger partial charge in [-0.1, -0.05) is 24.7 Å². The minimum atomic E-state index is -0.613. The molecule has 0 fully saturated rings. The average molecular weight is 267 g/mol. The Labute approximate surface area is 107 Å². The van der Waals surface area contributed by atoms with Gasteiger partial charge in [0.1, 0.15) is 5.01 Å². The molecule has 0 bridgehead atoms. The topological polar surface area (TPSA) is 73.6 Å². The summed E-state index contributed by atoms with van der Waals surface area (Å²) in [7, 11) is 1.26. The van der Waals surface area contributed by atoms with Crippen molar-refractivity contribution in [3.05, 3.63) is 27.1 Å². The molecule has 2 aromatic heterocycles. The first kappa shape index (κ1) is 12.7. The molecule has 7 heteroatoms. The van der Waals surface area contributed by atoms with Crippen LogP contribution in [0.25, 0.3) is 4.96 Å². The van der Waals surface area contributed by atoms with Gasteiger partial charge in [-0.3, -0.25) is 4.79 Å². The number of methoxy groups -OCH3 is 1. The lowest BCUT2D eigenvalue weighted by molar-refractivity contribution is 0.0594. The maximum atomic E-state index is 11.8. The number of hydrogen-bond donors (Lipinski definition) is 0. The van der Waals surface area contributed by atoms with E-state index >= 15 is 0 Å². The normalized spacial score (nSPS) is 10.8. The standard InChI is InChI=1S/C11H13N3O3S/c1-3-4-5-8-13-14-9(15)6-7(10(16)17-2)12-11(14)18-8/h6H,3-5H2,1-2H3. The second-order valence-electron chi connectivity index (χ2n) is 3.76. The predicted molar refractivity (Wildman–Crippen MR) is 67.1 cm³/mol. The van der Waals surface area contributed by atoms with Gasteiger partial charge >= 0.3 is 5.97 Å². The molecule has 0 saturated heterocycles. The van der Waals surface area contributed by atoms with Gasteiger partial charge in [-0.05, 0) is 6.42 Å². The van der Waals surface area contributed by atoms with Crippen LogP contribution < -0.4 is 5.56 Å². The fourth-order valence-corrected chi connectivity index (χ4v) is 2.43. The minimum Gasteiger partial charge on any atom is -0.464 e. The van der Waals surface area contributed by atoms with Gasteiger partial charge in [0.05, 0.1) is 7.11 Å². The van der Waals surface area contributed by atoms with Gasteiger partial charge in [-0.25, -0.2) is 9.78 Å². The Balaban J connectivity index is 2.45. The monoisotopic (exact) mass is 267 g/mol. The van der Waals surface area contributed by atoms with Crippen LogP contribution in [0.2, 0.25) is 0 Å². The largest absolute Gasteiger partial charge is 0.464 e. The first-order valence-electron chi connectivity index (χ1n) is 5.63. The summed E-state index contributed by atoms with van der Waals surface area (Å²) in [6.45, 7) is 2.09. The van der Waals surface area contributed by atoms with Crippen LogP contribution in [-0.4, -0.2) is 27.7 Å². The number of nitrogens with zero attached hydrogens (tertiary/aromatic N) is 3. The molecular formula is C11H13N3O3S. The van der Waals surface area contributed by atoms with Gasteiger partial charge in [0.2, 0.25) is 4.96 Å². The van der Waals surface area contributed by atoms with Crippen molar-refractivity contribution < 1.29 is 9.53 Å². The van der Waals surface area contributed by atoms with E-state index in [0.29, 0.717) is 4.96 Å². The molecule has 0 spiro atoms. The molecule has 0 N–H and O–H groups in total. The lowest BCUT2D eigenvalue weighted by Gasteiger charge is -1.96. The molecule has 0 radical (unpaired) electrons. The van der Waals surface area contributed by atoms with Crippen LogP contribution in [-0.2, 0) is 11.2 Å². The smallest absolute Gasteiger partial charge is 0.356 e. The van der Waals surface area contributed by atoms with Crippen molar-refractivity contribution in [1.82, 2.24) is 14.6 Å². The van der Waals surface area contributed by atoms with E-state index in [9.17, 15) is 9.59 Å². The molecule has 0 aliphatic carbocycles. The number of carbonyl (C=O) groups excluding carboxylic acids is 1. The molecule has 0 amide bonds. The second-order valence-corrected chi connectivity index (χ2v) is 4.81. The highest BCUT2D eigenvalue weighted by molar-refractivity contribution is 7.16. The maximum absolute atomic E-state index is 11.8. The number of ether oxygens (including phenoxy) is 1. The first-order chi connectivity index (χ1) is 8.65. The summed E-state index contributed by atoms with van der Waals surface area (Å²) in [6.07, 6.45) is 2.89. The average Bonchev–Trinajstić information content (AvgIpc) is 2.78. The Morgan fingerprint density at radius 3 is 3.00 bits per heavy atom. The molecule has 2 heterocycles. The number of rotatable bonds is 4. The number of esters is 1. The number of aryl methyl sites for hydroxylation is 1. The molecule has 18 heavy (non-hydrogen) atoms. The van der Waals surface area contributed by atoms with E-state index in [1.807, 2.05) is 0 Å². The van der Waals surface area contributed by atoms with Gasteiger partial charge in [-0.15, -0.1) is 0 Å². The van der Waals surface area contributed by atoms with E-state index in [2.05, 4.69) is 21.7 Å². The zero-order chi connectivity index (χ0) is 13.1. The number of hydrogen-bond acceptors (Lipinski definition) is 6. The molecule has 0 unspecified atom stereocenters. The third-order valence-corrected chi connectivity index (χ3v) is 3.39. The molecular weight excluding hydrogens is 254 g/mol. The second kappa shape index (κ2) is 5.26. The van der Waals surface area contributed by atoms with E-state index < -0.39 is 5.97 Å². The fraction of sp³-hybridized carbons (Fsp3) is 0.455. The Morgan fingerprint density at radius 2 is 2.33 bits per heavy atom. The maximum Gasteiger partial charge on any atom is 0.356 e. The Kier molecular flexibility index (Phi) is 3.71. The third kappa shape index (κ3) is 2.40. The van der Waals surface area contributed by atoms with Crippen LogP contribution in [0.5, 0.6) is 0 Å². The molecule has 0 aliphatic heterocycles. The number of fused-ring (bicyclic) bond motifs is 1. The van der Waals surface area contributed by atoms with Crippen LogP contribution in [0.15, 0.2) is 10.9 Å². The lowest BCUT2D eigenvalue weighted by Crippen LogP contribution is -2.18. The van der Waals surface area contributed by atoms with Gasteiger partial charge in [-0.2, -0.15) is 9.61 Å². The molecule has 2 rings (SSSR count). The molecule has 96 valence electrons. The van der Waals surface area contributed by atoms with Crippen molar-refractivity contribution >= 4 is 22.3 Å². The van der Waals surface area contributed by atoms with E-state index in [0.717, 1.165) is 30.3 Å². The van der Waals surface area contributed by atoms with Crippen molar-refractivity contribution in [2.75, 3.05) is 7.11 Å². The van der Waals surface area contributed by atoms with Crippen molar-refractivity contribution in [3.8, 4) is 0 Å². The highest BCUT2D eigenvalue weighted by Crippen LogP contribution is 2.14. The van der Waals surface area contributed by atoms with Gasteiger partial charge in [0.25, 0.3) is 5.56 Å². The van der Waals surface area contributed by atoms with Crippen molar-refractivity contribution in [2.24, 2.45) is 0 Å². The summed E-state index contributed by atoms with van der Waals surface area (Å²) in [4.78, 5) is 27.6. The summed E-state index contributed by atoms with van der Waals surface area (Å²) in [6, 6.07) is 1.14. The van der Waals surface area contributed by atoms with Gasteiger partial charge in [0, 0.05) is 12.5 Å². The first-order valence-corrected chi connectivity index (χ1v) is 6.45. The quantitative estimate of drug-likeness (QED) is 0.780. The van der Waals surface area contributed by atoms with E-state index in [4.69, 9.17) is 0 Å². The predicted octanol–water partition coefficient (Wildman–Crippen LogP) is 1.28. The van der Waals surface area contributed by atoms with Crippen molar-refractivity contribution in [1.29, 1.82) is 0 Å². The Morgan fingerprint density at radius 1 is 1.56 bits per heavy atom. The molecule has 0 aromatic carbocycles. The van der Waals surface area contributed by atoms with E-state index in [1.165, 1.54) is 23.0 Å². The van der Waals surface area contributed by atoms with Crippen molar-refractivity contribution in [2.45, 2.75) is 26.2 Å². The summed E-state index contributed by atoms with van der Waals surface area (Å²) >= 11 is 1.33. The summed E-state index contributed by atoms with van der Waals surface area (Å²) < 4.78 is 5.77. The van der Waals surface area contributed by atoms with Crippen LogP contribution >= 0.6 is 11.3 Å². The van der Waals surface area contributed by atoms with Gasteiger partial charge < -0.3 is 4.74 Å². The summed E-state index contributed by atoms with van der Waals surface area (Å²) in [5, 5.41) is 5.03. The Bertz CT molecular complexity index is 632. The molecule has 0 saturated carbocycles. The number of unbranched alkanes of at least 4 members (excludes halogenated alkanes) is 1. The Hall–Kier alpha value is -1.76. The van der Waals surface area contributed by atoms with Crippen LogP contribution in [0, 0.1) is 0 Å². The zero-order valence-corrected chi connectivity index (χ0v) is 11.0. The number of aromatic nitrogens is 3.